The topological polar surface area (TPSA) is 76.5 Å². The van der Waals surface area contributed by atoms with Gasteiger partial charge in [-0.15, -0.1) is 0 Å². The Morgan fingerprint density at radius 1 is 1.18 bits per heavy atom. The maximum absolute atomic E-state index is 13.2. The number of alkyl halides is 3. The summed E-state index contributed by atoms with van der Waals surface area (Å²) in [6.45, 7) is 1.59. The largest absolute Gasteiger partial charge is 0.487 e. The second-order valence-corrected chi connectivity index (χ2v) is 10.2. The highest BCUT2D eigenvalue weighted by Gasteiger charge is 2.32. The fraction of sp³-hybridized carbons (Fsp3) is 0.286. The predicted molar refractivity (Wildman–Crippen MR) is 122 cm³/mol. The third-order valence-corrected chi connectivity index (χ3v) is 7.06. The summed E-state index contributed by atoms with van der Waals surface area (Å²) < 4.78 is 75.2. The van der Waals surface area contributed by atoms with Crippen molar-refractivity contribution in [3.05, 3.63) is 64.4 Å². The quantitative estimate of drug-likeness (QED) is 0.446. The normalized spacial score (nSPS) is 17.2. The van der Waals surface area contributed by atoms with E-state index >= 15 is 0 Å². The summed E-state index contributed by atoms with van der Waals surface area (Å²) in [6, 6.07) is 8.42. The van der Waals surface area contributed by atoms with Crippen LogP contribution in [0.25, 0.3) is 5.82 Å². The minimum atomic E-state index is -4.68. The van der Waals surface area contributed by atoms with E-state index in [2.05, 4.69) is 14.6 Å². The maximum Gasteiger partial charge on any atom is 0.416 e. The first-order valence-corrected chi connectivity index (χ1v) is 12.3. The molecule has 1 saturated heterocycles. The molecule has 3 heterocycles. The van der Waals surface area contributed by atoms with Gasteiger partial charge in [0.15, 0.2) is 5.03 Å². The molecule has 1 atom stereocenters. The Morgan fingerprint density at radius 2 is 1.94 bits per heavy atom. The predicted octanol–water partition coefficient (Wildman–Crippen LogP) is 5.08. The van der Waals surface area contributed by atoms with Crippen LogP contribution in [0.15, 0.2) is 53.7 Å². The Labute approximate surface area is 204 Å². The van der Waals surface area contributed by atoms with Gasteiger partial charge in [-0.25, -0.2) is 4.98 Å². The summed E-state index contributed by atoms with van der Waals surface area (Å²) in [7, 11) is -2.26. The Morgan fingerprint density at radius 3 is 2.62 bits per heavy atom. The van der Waals surface area contributed by atoms with Crippen LogP contribution in [0.3, 0.4) is 0 Å². The molecule has 0 aliphatic carbocycles. The fourth-order valence-electron chi connectivity index (χ4n) is 3.58. The molecule has 3 aromatic rings. The van der Waals surface area contributed by atoms with Crippen LogP contribution in [-0.4, -0.2) is 49.1 Å². The van der Waals surface area contributed by atoms with E-state index in [0.717, 1.165) is 23.6 Å². The number of likely N-dealkylation sites (N-methyl/N-ethyl adjacent to an activating group) is 1. The second kappa shape index (κ2) is 9.29. The van der Waals surface area contributed by atoms with Crippen LogP contribution in [0.2, 0.25) is 10.2 Å². The molecule has 1 aliphatic rings. The lowest BCUT2D eigenvalue weighted by atomic mass is 10.2. The lowest BCUT2D eigenvalue weighted by molar-refractivity contribution is -0.137. The number of ether oxygens (including phenoxy) is 1. The second-order valence-electron chi connectivity index (χ2n) is 7.79. The van der Waals surface area contributed by atoms with Gasteiger partial charge in [-0.3, -0.25) is 9.29 Å². The van der Waals surface area contributed by atoms with Gasteiger partial charge >= 0.3 is 6.18 Å². The SMILES string of the molecule is CN1CC[C@@H](Oc2cc(NS(=O)(=O)c3cccn3-c3cc(C(F)(F)F)cc(Cl)n3)ccc2Cl)C1. The zero-order chi connectivity index (χ0) is 24.7. The van der Waals surface area contributed by atoms with Crippen LogP contribution in [0, 0.1) is 0 Å². The van der Waals surface area contributed by atoms with Crippen LogP contribution in [-0.2, 0) is 16.2 Å². The molecule has 2 aromatic heterocycles. The zero-order valence-corrected chi connectivity index (χ0v) is 20.0. The molecule has 13 heteroatoms. The number of hydrogen-bond donors (Lipinski definition) is 1. The van der Waals surface area contributed by atoms with Crippen LogP contribution >= 0.6 is 23.2 Å². The van der Waals surface area contributed by atoms with E-state index in [9.17, 15) is 21.6 Å². The van der Waals surface area contributed by atoms with Crippen molar-refractivity contribution in [2.45, 2.75) is 23.7 Å². The lowest BCUT2D eigenvalue weighted by Gasteiger charge is -2.17. The molecule has 0 unspecified atom stereocenters. The number of pyridine rings is 1. The molecule has 0 bridgehead atoms. The first kappa shape index (κ1) is 24.6. The number of hydrogen-bond acceptors (Lipinski definition) is 5. The number of likely N-dealkylation sites (tertiary alicyclic amines) is 1. The number of aromatic nitrogens is 2. The van der Waals surface area contributed by atoms with Crippen molar-refractivity contribution in [2.75, 3.05) is 24.9 Å². The van der Waals surface area contributed by atoms with Crippen LogP contribution in [0.5, 0.6) is 5.75 Å². The van der Waals surface area contributed by atoms with Crippen LogP contribution < -0.4 is 9.46 Å². The van der Waals surface area contributed by atoms with Crippen molar-refractivity contribution in [3.63, 3.8) is 0 Å². The van der Waals surface area contributed by atoms with Crippen molar-refractivity contribution in [2.24, 2.45) is 0 Å². The maximum atomic E-state index is 13.2. The first-order chi connectivity index (χ1) is 15.9. The number of nitrogens with one attached hydrogen (secondary N) is 1. The number of nitrogens with zero attached hydrogens (tertiary/aromatic N) is 3. The molecule has 0 amide bonds. The fourth-order valence-corrected chi connectivity index (χ4v) is 5.16. The molecule has 7 nitrogen and oxygen atoms in total. The number of rotatable bonds is 6. The Bertz CT molecular complexity index is 1310. The smallest absolute Gasteiger partial charge is 0.416 e. The highest BCUT2D eigenvalue weighted by molar-refractivity contribution is 7.92. The summed E-state index contributed by atoms with van der Waals surface area (Å²) in [4.78, 5) is 5.96. The Balaban J connectivity index is 1.62. The monoisotopic (exact) mass is 534 g/mol. The molecule has 182 valence electrons. The van der Waals surface area contributed by atoms with E-state index in [1.807, 2.05) is 7.05 Å². The van der Waals surface area contributed by atoms with E-state index < -0.39 is 26.9 Å². The van der Waals surface area contributed by atoms with Gasteiger partial charge in [0.2, 0.25) is 0 Å². The van der Waals surface area contributed by atoms with Gasteiger partial charge in [0.05, 0.1) is 16.3 Å². The van der Waals surface area contributed by atoms with Gasteiger partial charge in [-0.05, 0) is 49.9 Å². The van der Waals surface area contributed by atoms with Crippen molar-refractivity contribution >= 4 is 38.9 Å². The number of benzene rings is 1. The number of anilines is 1. The van der Waals surface area contributed by atoms with Crippen LogP contribution in [0.1, 0.15) is 12.0 Å². The first-order valence-electron chi connectivity index (χ1n) is 10.0. The highest BCUT2D eigenvalue weighted by atomic mass is 35.5. The average molecular weight is 535 g/mol. The molecule has 0 spiro atoms. The van der Waals surface area contributed by atoms with E-state index in [0.29, 0.717) is 23.4 Å². The molecule has 1 aromatic carbocycles. The van der Waals surface area contributed by atoms with Gasteiger partial charge in [-0.2, -0.15) is 21.6 Å². The molecule has 0 radical (unpaired) electrons. The van der Waals surface area contributed by atoms with E-state index in [4.69, 9.17) is 27.9 Å². The summed E-state index contributed by atoms with van der Waals surface area (Å²) in [6.07, 6.45) is -2.67. The van der Waals surface area contributed by atoms with E-state index in [1.165, 1.54) is 36.5 Å². The summed E-state index contributed by atoms with van der Waals surface area (Å²) in [5.41, 5.74) is -0.877. The van der Waals surface area contributed by atoms with Gasteiger partial charge in [-0.1, -0.05) is 23.2 Å². The van der Waals surface area contributed by atoms with E-state index in [1.54, 1.807) is 0 Å². The third kappa shape index (κ3) is 5.43. The minimum absolute atomic E-state index is 0.0803. The highest BCUT2D eigenvalue weighted by Crippen LogP contribution is 2.33. The average Bonchev–Trinajstić information content (AvgIpc) is 3.39. The molecule has 34 heavy (non-hydrogen) atoms. The van der Waals surface area contributed by atoms with Gasteiger partial charge < -0.3 is 9.64 Å². The van der Waals surface area contributed by atoms with Crippen molar-refractivity contribution < 1.29 is 26.3 Å². The summed E-state index contributed by atoms with van der Waals surface area (Å²) in [5.74, 6) is 0.0274. The molecule has 0 saturated carbocycles. The molecular weight excluding hydrogens is 516 g/mol. The minimum Gasteiger partial charge on any atom is -0.487 e. The van der Waals surface area contributed by atoms with Crippen molar-refractivity contribution in [1.29, 1.82) is 0 Å². The zero-order valence-electron chi connectivity index (χ0n) is 17.7. The van der Waals surface area contributed by atoms with Crippen molar-refractivity contribution in [1.82, 2.24) is 14.5 Å². The lowest BCUT2D eigenvalue weighted by Crippen LogP contribution is -2.21. The van der Waals surface area contributed by atoms with Crippen LogP contribution in [0.4, 0.5) is 18.9 Å². The number of halogens is 5. The van der Waals surface area contributed by atoms with Gasteiger partial charge in [0, 0.05) is 25.4 Å². The van der Waals surface area contributed by atoms with Crippen molar-refractivity contribution in [3.8, 4) is 11.6 Å². The van der Waals surface area contributed by atoms with E-state index in [-0.39, 0.29) is 22.6 Å². The Hall–Kier alpha value is -2.47. The molecular formula is C21H19Cl2F3N4O3S. The molecule has 4 rings (SSSR count). The summed E-state index contributed by atoms with van der Waals surface area (Å²) >= 11 is 12.0. The molecule has 1 N–H and O–H groups in total. The van der Waals surface area contributed by atoms with Gasteiger partial charge in [0.1, 0.15) is 22.8 Å². The summed E-state index contributed by atoms with van der Waals surface area (Å²) in [5, 5.41) is -0.430. The standard InChI is InChI=1S/C21H19Cl2F3N4O3S/c1-29-8-6-15(12-29)33-17-11-14(4-5-16(17)22)28-34(31,32)20-3-2-7-30(20)19-10-13(21(24,25)26)9-18(23)27-19/h2-5,7,9-11,15,28H,6,8,12H2,1H3/t15-/m1/s1. The van der Waals surface area contributed by atoms with Gasteiger partial charge in [0.25, 0.3) is 10.0 Å². The molecule has 1 aliphatic heterocycles. The third-order valence-electron chi connectivity index (χ3n) is 5.17. The Kier molecular flexibility index (Phi) is 6.74. The molecule has 1 fully saturated rings. The number of sulfonamides is 1.